The Morgan fingerprint density at radius 1 is 1.14 bits per heavy atom. The van der Waals surface area contributed by atoms with Crippen molar-refractivity contribution >= 4 is 44.9 Å². The number of methoxy groups -OCH3 is 1. The number of hydrogen-bond acceptors (Lipinski definition) is 6. The van der Waals surface area contributed by atoms with E-state index in [1.807, 2.05) is 55.5 Å². The molecule has 1 N–H and O–H groups in total. The van der Waals surface area contributed by atoms with E-state index < -0.39 is 0 Å². The van der Waals surface area contributed by atoms with E-state index in [1.165, 1.54) is 16.6 Å². The summed E-state index contributed by atoms with van der Waals surface area (Å²) in [6.07, 6.45) is 2.74. The molecule has 1 amide bonds. The van der Waals surface area contributed by atoms with E-state index >= 15 is 0 Å². The van der Waals surface area contributed by atoms with Gasteiger partial charge in [0.2, 0.25) is 5.91 Å². The third-order valence-corrected chi connectivity index (χ3v) is 8.03. The van der Waals surface area contributed by atoms with Crippen LogP contribution in [0.5, 0.6) is 5.75 Å². The summed E-state index contributed by atoms with van der Waals surface area (Å²) < 4.78 is 6.89. The molecule has 4 rings (SSSR count). The van der Waals surface area contributed by atoms with Crippen LogP contribution in [0.3, 0.4) is 0 Å². The largest absolute Gasteiger partial charge is 0.497 e. The molecule has 0 spiro atoms. The number of benzene rings is 2. The Balaban J connectivity index is 1.72. The van der Waals surface area contributed by atoms with Gasteiger partial charge < -0.3 is 10.1 Å². The number of amides is 1. The van der Waals surface area contributed by atoms with Gasteiger partial charge in [-0.05, 0) is 61.2 Å². The summed E-state index contributed by atoms with van der Waals surface area (Å²) in [6, 6.07) is 15.1. The first-order chi connectivity index (χ1) is 17.0. The molecule has 0 radical (unpaired) electrons. The Bertz CT molecular complexity index is 1410. The monoisotopic (exact) mass is 507 g/mol. The fraction of sp³-hybridized carbons (Fsp3) is 0.296. The molecule has 2 aromatic heterocycles. The van der Waals surface area contributed by atoms with Crippen molar-refractivity contribution in [1.29, 1.82) is 0 Å². The van der Waals surface area contributed by atoms with Gasteiger partial charge in [0.15, 0.2) is 5.16 Å². The fourth-order valence-corrected chi connectivity index (χ4v) is 6.13. The zero-order valence-electron chi connectivity index (χ0n) is 20.4. The number of fused-ring (bicyclic) bond motifs is 1. The second-order valence-corrected chi connectivity index (χ2v) is 10.2. The summed E-state index contributed by atoms with van der Waals surface area (Å²) in [4.78, 5) is 33.3. The molecule has 0 aliphatic carbocycles. The summed E-state index contributed by atoms with van der Waals surface area (Å²) in [5.41, 5.74) is 3.47. The van der Waals surface area contributed by atoms with Gasteiger partial charge in [-0.1, -0.05) is 50.2 Å². The number of carbonyl (C=O) groups excluding carboxylic acids is 1. The van der Waals surface area contributed by atoms with Crippen LogP contribution >= 0.6 is 23.1 Å². The van der Waals surface area contributed by atoms with Gasteiger partial charge in [0.25, 0.3) is 5.56 Å². The van der Waals surface area contributed by atoms with Crippen molar-refractivity contribution in [3.05, 3.63) is 74.9 Å². The summed E-state index contributed by atoms with van der Waals surface area (Å²) in [5, 5.41) is 4.15. The van der Waals surface area contributed by atoms with Gasteiger partial charge >= 0.3 is 0 Å². The minimum absolute atomic E-state index is 0.115. The number of aryl methyl sites for hydroxylation is 3. The first kappa shape index (κ1) is 25.0. The van der Waals surface area contributed by atoms with Crippen LogP contribution in [0.2, 0.25) is 0 Å². The van der Waals surface area contributed by atoms with Crippen LogP contribution in [0, 0.1) is 6.92 Å². The SMILES string of the molecule is CCCc1sc2nc(SCC(=O)Nc3ccccc3CC)n(-c3ccc(OC)cc3)c(=O)c2c1C. The predicted octanol–water partition coefficient (Wildman–Crippen LogP) is 6.01. The molecule has 4 aromatic rings. The van der Waals surface area contributed by atoms with Crippen molar-refractivity contribution < 1.29 is 9.53 Å². The van der Waals surface area contributed by atoms with Gasteiger partial charge in [-0.3, -0.25) is 14.2 Å². The smallest absolute Gasteiger partial charge is 0.267 e. The number of anilines is 1. The number of ether oxygens (including phenoxy) is 1. The molecule has 8 heteroatoms. The molecule has 35 heavy (non-hydrogen) atoms. The number of carbonyl (C=O) groups is 1. The van der Waals surface area contributed by atoms with E-state index in [1.54, 1.807) is 23.0 Å². The number of aromatic nitrogens is 2. The van der Waals surface area contributed by atoms with Crippen LogP contribution in [0.4, 0.5) is 5.69 Å². The topological polar surface area (TPSA) is 73.2 Å². The van der Waals surface area contributed by atoms with Crippen LogP contribution in [0.25, 0.3) is 15.9 Å². The molecule has 0 aliphatic heterocycles. The van der Waals surface area contributed by atoms with Crippen molar-refractivity contribution in [2.45, 2.75) is 45.2 Å². The molecule has 0 saturated carbocycles. The molecule has 2 aromatic carbocycles. The number of thiophene rings is 1. The fourth-order valence-electron chi connectivity index (χ4n) is 4.00. The van der Waals surface area contributed by atoms with Crippen LogP contribution in [-0.4, -0.2) is 28.3 Å². The Kier molecular flexibility index (Phi) is 7.93. The first-order valence-corrected chi connectivity index (χ1v) is 13.5. The molecule has 0 saturated heterocycles. The molecule has 182 valence electrons. The maximum atomic E-state index is 13.7. The molecular weight excluding hydrogens is 478 g/mol. The number of hydrogen-bond donors (Lipinski definition) is 1. The van der Waals surface area contributed by atoms with Crippen LogP contribution < -0.4 is 15.6 Å². The lowest BCUT2D eigenvalue weighted by Crippen LogP contribution is -2.23. The third kappa shape index (κ3) is 5.28. The zero-order chi connectivity index (χ0) is 24.9. The Morgan fingerprint density at radius 3 is 2.57 bits per heavy atom. The zero-order valence-corrected chi connectivity index (χ0v) is 22.0. The number of nitrogens with one attached hydrogen (secondary N) is 1. The molecular formula is C27H29N3O3S2. The highest BCUT2D eigenvalue weighted by Gasteiger charge is 2.20. The van der Waals surface area contributed by atoms with E-state index in [-0.39, 0.29) is 17.2 Å². The minimum Gasteiger partial charge on any atom is -0.497 e. The molecule has 6 nitrogen and oxygen atoms in total. The van der Waals surface area contributed by atoms with Gasteiger partial charge in [0.05, 0.1) is 23.9 Å². The quantitative estimate of drug-likeness (QED) is 0.222. The molecule has 2 heterocycles. The molecule has 0 bridgehead atoms. The summed E-state index contributed by atoms with van der Waals surface area (Å²) in [7, 11) is 1.61. The van der Waals surface area contributed by atoms with Crippen molar-refractivity contribution in [2.24, 2.45) is 0 Å². The van der Waals surface area contributed by atoms with Crippen LogP contribution in [0.1, 0.15) is 36.3 Å². The average Bonchev–Trinajstić information content (AvgIpc) is 3.18. The lowest BCUT2D eigenvalue weighted by Gasteiger charge is -2.13. The normalized spacial score (nSPS) is 11.1. The maximum Gasteiger partial charge on any atom is 0.267 e. The third-order valence-electron chi connectivity index (χ3n) is 5.84. The Hall–Kier alpha value is -3.10. The number of rotatable bonds is 9. The van der Waals surface area contributed by atoms with Gasteiger partial charge in [0, 0.05) is 10.6 Å². The van der Waals surface area contributed by atoms with Crippen molar-refractivity contribution in [1.82, 2.24) is 9.55 Å². The summed E-state index contributed by atoms with van der Waals surface area (Å²) >= 11 is 2.84. The van der Waals surface area contributed by atoms with E-state index in [4.69, 9.17) is 9.72 Å². The Labute approximate surface area is 213 Å². The van der Waals surface area contributed by atoms with E-state index in [9.17, 15) is 9.59 Å². The van der Waals surface area contributed by atoms with Gasteiger partial charge in [-0.15, -0.1) is 11.3 Å². The molecule has 0 unspecified atom stereocenters. The highest BCUT2D eigenvalue weighted by atomic mass is 32.2. The summed E-state index contributed by atoms with van der Waals surface area (Å²) in [6.45, 7) is 6.18. The second-order valence-electron chi connectivity index (χ2n) is 8.16. The first-order valence-electron chi connectivity index (χ1n) is 11.7. The van der Waals surface area contributed by atoms with Gasteiger partial charge in [-0.2, -0.15) is 0 Å². The second kappa shape index (κ2) is 11.1. The van der Waals surface area contributed by atoms with Crippen molar-refractivity contribution in [3.63, 3.8) is 0 Å². The van der Waals surface area contributed by atoms with Gasteiger partial charge in [0.1, 0.15) is 10.6 Å². The number of thioether (sulfide) groups is 1. The van der Waals surface area contributed by atoms with E-state index in [0.717, 1.165) is 40.9 Å². The van der Waals surface area contributed by atoms with E-state index in [2.05, 4.69) is 19.2 Å². The number of nitrogens with zero attached hydrogens (tertiary/aromatic N) is 2. The molecule has 0 aliphatic rings. The van der Waals surface area contributed by atoms with Gasteiger partial charge in [-0.25, -0.2) is 4.98 Å². The number of para-hydroxylation sites is 1. The van der Waals surface area contributed by atoms with Crippen molar-refractivity contribution in [2.75, 3.05) is 18.2 Å². The molecule has 0 fully saturated rings. The highest BCUT2D eigenvalue weighted by Crippen LogP contribution is 2.31. The van der Waals surface area contributed by atoms with Crippen LogP contribution in [-0.2, 0) is 17.6 Å². The molecule has 0 atom stereocenters. The van der Waals surface area contributed by atoms with E-state index in [0.29, 0.717) is 22.0 Å². The predicted molar refractivity (Wildman–Crippen MR) is 146 cm³/mol. The lowest BCUT2D eigenvalue weighted by atomic mass is 10.1. The standard InChI is InChI=1S/C27H29N3O3S2/c1-5-9-22-17(3)24-25(35-22)29-27(30(26(24)32)19-12-14-20(33-4)15-13-19)34-16-23(31)28-21-11-8-7-10-18(21)6-2/h7-8,10-15H,5-6,9,16H2,1-4H3,(H,28,31). The van der Waals surface area contributed by atoms with Crippen LogP contribution in [0.15, 0.2) is 58.5 Å². The maximum absolute atomic E-state index is 13.7. The van der Waals surface area contributed by atoms with Crippen molar-refractivity contribution in [3.8, 4) is 11.4 Å². The lowest BCUT2D eigenvalue weighted by molar-refractivity contribution is -0.113. The summed E-state index contributed by atoms with van der Waals surface area (Å²) in [5.74, 6) is 0.703. The minimum atomic E-state index is -0.138. The average molecular weight is 508 g/mol. The highest BCUT2D eigenvalue weighted by molar-refractivity contribution is 7.99. The Morgan fingerprint density at radius 2 is 1.89 bits per heavy atom.